The Morgan fingerprint density at radius 3 is 3.07 bits per heavy atom. The lowest BCUT2D eigenvalue weighted by atomic mass is 10.2. The third kappa shape index (κ3) is 3.17. The van der Waals surface area contributed by atoms with E-state index in [1.807, 2.05) is 0 Å². The van der Waals surface area contributed by atoms with E-state index in [4.69, 9.17) is 10.8 Å². The molecule has 1 unspecified atom stereocenters. The van der Waals surface area contributed by atoms with Crippen LogP contribution in [0.25, 0.3) is 0 Å². The monoisotopic (exact) mass is 273 g/mol. The molecule has 5 nitrogen and oxygen atoms in total. The fourth-order valence-electron chi connectivity index (χ4n) is 0.979. The van der Waals surface area contributed by atoms with Crippen molar-refractivity contribution in [2.45, 2.75) is 13.0 Å². The van der Waals surface area contributed by atoms with E-state index in [1.165, 1.54) is 6.20 Å². The van der Waals surface area contributed by atoms with Gasteiger partial charge in [0, 0.05) is 16.7 Å². The van der Waals surface area contributed by atoms with E-state index in [9.17, 15) is 4.79 Å². The number of anilines is 1. The Labute approximate surface area is 95.8 Å². The molecule has 82 valence electrons. The van der Waals surface area contributed by atoms with Gasteiger partial charge in [-0.25, -0.2) is 4.98 Å². The highest BCUT2D eigenvalue weighted by Crippen LogP contribution is 2.15. The zero-order valence-corrected chi connectivity index (χ0v) is 9.78. The number of amides is 1. The Balaban J connectivity index is 2.86. The number of aliphatic hydroxyl groups excluding tert-OH is 1. The Morgan fingerprint density at radius 2 is 2.47 bits per heavy atom. The van der Waals surface area contributed by atoms with Crippen LogP contribution in [0.15, 0.2) is 16.7 Å². The highest BCUT2D eigenvalue weighted by molar-refractivity contribution is 9.10. The number of aromatic nitrogens is 1. The molecule has 1 heterocycles. The minimum Gasteiger partial charge on any atom is -0.394 e. The van der Waals surface area contributed by atoms with Crippen molar-refractivity contribution in [2.24, 2.45) is 0 Å². The first kappa shape index (κ1) is 11.9. The van der Waals surface area contributed by atoms with Gasteiger partial charge in [-0.1, -0.05) is 0 Å². The number of nitrogen functional groups attached to an aromatic ring is 1. The maximum Gasteiger partial charge on any atom is 0.255 e. The smallest absolute Gasteiger partial charge is 0.255 e. The molecule has 1 aromatic heterocycles. The van der Waals surface area contributed by atoms with Crippen molar-refractivity contribution in [2.75, 3.05) is 12.3 Å². The first-order valence-corrected chi connectivity index (χ1v) is 5.16. The lowest BCUT2D eigenvalue weighted by Gasteiger charge is -2.11. The second kappa shape index (κ2) is 5.09. The summed E-state index contributed by atoms with van der Waals surface area (Å²) in [6, 6.07) is 1.28. The van der Waals surface area contributed by atoms with Gasteiger partial charge >= 0.3 is 0 Å². The third-order valence-corrected chi connectivity index (χ3v) is 2.21. The van der Waals surface area contributed by atoms with Crippen LogP contribution < -0.4 is 11.1 Å². The van der Waals surface area contributed by atoms with Crippen LogP contribution in [0, 0.1) is 0 Å². The average molecular weight is 274 g/mol. The van der Waals surface area contributed by atoms with E-state index in [1.54, 1.807) is 13.0 Å². The molecule has 6 heteroatoms. The summed E-state index contributed by atoms with van der Waals surface area (Å²) in [5.74, 6) is -0.177. The van der Waals surface area contributed by atoms with Crippen LogP contribution in [0.2, 0.25) is 0 Å². The number of hydrogen-bond donors (Lipinski definition) is 3. The molecular weight excluding hydrogens is 262 g/mol. The Bertz CT molecular complexity index is 370. The van der Waals surface area contributed by atoms with Crippen molar-refractivity contribution < 1.29 is 9.90 Å². The molecular formula is C9H12BrN3O2. The zero-order chi connectivity index (χ0) is 11.4. The number of halogens is 1. The van der Waals surface area contributed by atoms with Crippen molar-refractivity contribution >= 4 is 27.7 Å². The summed E-state index contributed by atoms with van der Waals surface area (Å²) in [6.07, 6.45) is 1.52. The number of nitrogens with zero attached hydrogens (tertiary/aromatic N) is 1. The zero-order valence-electron chi connectivity index (χ0n) is 8.20. The number of aliphatic hydroxyl groups is 1. The van der Waals surface area contributed by atoms with Gasteiger partial charge < -0.3 is 16.2 Å². The summed E-state index contributed by atoms with van der Waals surface area (Å²) < 4.78 is 0.679. The van der Waals surface area contributed by atoms with Crippen LogP contribution in [0.4, 0.5) is 5.82 Å². The van der Waals surface area contributed by atoms with Crippen LogP contribution in [0.3, 0.4) is 0 Å². The number of nitrogens with two attached hydrogens (primary N) is 1. The maximum absolute atomic E-state index is 11.6. The minimum atomic E-state index is -0.345. The van der Waals surface area contributed by atoms with Gasteiger partial charge in [-0.3, -0.25) is 4.79 Å². The molecule has 0 aliphatic heterocycles. The summed E-state index contributed by atoms with van der Waals surface area (Å²) in [5, 5.41) is 11.4. The molecule has 0 saturated carbocycles. The van der Waals surface area contributed by atoms with E-state index < -0.39 is 0 Å². The number of rotatable bonds is 3. The number of carbonyl (C=O) groups excluding carboxylic acids is 1. The quantitative estimate of drug-likeness (QED) is 0.750. The van der Waals surface area contributed by atoms with E-state index in [0.717, 1.165) is 0 Å². The van der Waals surface area contributed by atoms with Gasteiger partial charge in [0.1, 0.15) is 5.82 Å². The topological polar surface area (TPSA) is 88.2 Å². The third-order valence-electron chi connectivity index (χ3n) is 1.78. The predicted octanol–water partition coefficient (Wildman–Crippen LogP) is 0.537. The van der Waals surface area contributed by atoms with Gasteiger partial charge in [-0.15, -0.1) is 0 Å². The Morgan fingerprint density at radius 1 is 1.80 bits per heavy atom. The standard InChI is InChI=1S/C9H12BrN3O2/c1-5(4-14)13-9(15)7-2-6(10)3-12-8(7)11/h2-3,5,14H,4H2,1H3,(H2,11,12)(H,13,15). The number of carbonyl (C=O) groups is 1. The van der Waals surface area contributed by atoms with Crippen LogP contribution in [-0.2, 0) is 0 Å². The average Bonchev–Trinajstić information content (AvgIpc) is 2.21. The Hall–Kier alpha value is -1.14. The summed E-state index contributed by atoms with van der Waals surface area (Å²) in [6.45, 7) is 1.58. The van der Waals surface area contributed by atoms with E-state index in [2.05, 4.69) is 26.2 Å². The fraction of sp³-hybridized carbons (Fsp3) is 0.333. The van der Waals surface area contributed by atoms with Crippen LogP contribution in [0.5, 0.6) is 0 Å². The molecule has 0 aliphatic rings. The Kier molecular flexibility index (Phi) is 4.05. The van der Waals surface area contributed by atoms with Gasteiger partial charge in [-0.2, -0.15) is 0 Å². The normalized spacial score (nSPS) is 12.2. The molecule has 15 heavy (non-hydrogen) atoms. The minimum absolute atomic E-state index is 0.118. The number of nitrogens with one attached hydrogen (secondary N) is 1. The highest BCUT2D eigenvalue weighted by atomic mass is 79.9. The SMILES string of the molecule is CC(CO)NC(=O)c1cc(Br)cnc1N. The molecule has 0 aromatic carbocycles. The van der Waals surface area contributed by atoms with E-state index in [-0.39, 0.29) is 24.4 Å². The maximum atomic E-state index is 11.6. The van der Waals surface area contributed by atoms with Crippen molar-refractivity contribution in [3.63, 3.8) is 0 Å². The van der Waals surface area contributed by atoms with E-state index >= 15 is 0 Å². The molecule has 1 amide bonds. The molecule has 4 N–H and O–H groups in total. The number of hydrogen-bond acceptors (Lipinski definition) is 4. The summed E-state index contributed by atoms with van der Waals surface area (Å²) >= 11 is 3.20. The molecule has 0 saturated heterocycles. The van der Waals surface area contributed by atoms with Gasteiger partial charge in [0.15, 0.2) is 0 Å². The highest BCUT2D eigenvalue weighted by Gasteiger charge is 2.13. The lowest BCUT2D eigenvalue weighted by Crippen LogP contribution is -2.35. The van der Waals surface area contributed by atoms with Crippen LogP contribution in [-0.4, -0.2) is 28.6 Å². The van der Waals surface area contributed by atoms with Gasteiger partial charge in [0.2, 0.25) is 0 Å². The van der Waals surface area contributed by atoms with Gasteiger partial charge in [0.25, 0.3) is 5.91 Å². The van der Waals surface area contributed by atoms with Crippen molar-refractivity contribution in [1.82, 2.24) is 10.3 Å². The largest absolute Gasteiger partial charge is 0.394 e. The van der Waals surface area contributed by atoms with Gasteiger partial charge in [0.05, 0.1) is 12.2 Å². The second-order valence-corrected chi connectivity index (χ2v) is 4.06. The van der Waals surface area contributed by atoms with Gasteiger partial charge in [-0.05, 0) is 28.9 Å². The summed E-state index contributed by atoms with van der Waals surface area (Å²) in [5.41, 5.74) is 5.85. The molecule has 0 radical (unpaired) electrons. The van der Waals surface area contributed by atoms with Crippen molar-refractivity contribution in [3.05, 3.63) is 22.3 Å². The molecule has 0 bridgehead atoms. The van der Waals surface area contributed by atoms with Crippen LogP contribution >= 0.6 is 15.9 Å². The van der Waals surface area contributed by atoms with Crippen molar-refractivity contribution in [3.8, 4) is 0 Å². The summed E-state index contributed by atoms with van der Waals surface area (Å²) in [7, 11) is 0. The van der Waals surface area contributed by atoms with Crippen LogP contribution in [0.1, 0.15) is 17.3 Å². The molecule has 0 spiro atoms. The second-order valence-electron chi connectivity index (χ2n) is 3.14. The molecule has 0 aliphatic carbocycles. The lowest BCUT2D eigenvalue weighted by molar-refractivity contribution is 0.0923. The van der Waals surface area contributed by atoms with E-state index in [0.29, 0.717) is 10.0 Å². The molecule has 1 rings (SSSR count). The van der Waals surface area contributed by atoms with Crippen molar-refractivity contribution in [1.29, 1.82) is 0 Å². The molecule has 0 fully saturated rings. The summed E-state index contributed by atoms with van der Waals surface area (Å²) in [4.78, 5) is 15.5. The molecule has 1 atom stereocenters. The predicted molar refractivity (Wildman–Crippen MR) is 60.4 cm³/mol. The fourth-order valence-corrected chi connectivity index (χ4v) is 1.31. The first-order valence-electron chi connectivity index (χ1n) is 4.37. The number of pyridine rings is 1. The molecule has 1 aromatic rings. The first-order chi connectivity index (χ1) is 7.04.